The summed E-state index contributed by atoms with van der Waals surface area (Å²) in [5, 5.41) is 1.27. The molecule has 0 saturated heterocycles. The Bertz CT molecular complexity index is 757. The Morgan fingerprint density at radius 2 is 1.95 bits per heavy atom. The minimum atomic E-state index is 0.936. The maximum Gasteiger partial charge on any atom is 0.0470 e. The van der Waals surface area contributed by atoms with E-state index in [-0.39, 0.29) is 0 Å². The van der Waals surface area contributed by atoms with Gasteiger partial charge in [-0.2, -0.15) is 0 Å². The van der Waals surface area contributed by atoms with Crippen LogP contribution >= 0.6 is 0 Å². The summed E-state index contributed by atoms with van der Waals surface area (Å²) in [6, 6.07) is 8.43. The Balaban J connectivity index is 1.96. The first kappa shape index (κ1) is 10.4. The van der Waals surface area contributed by atoms with Crippen molar-refractivity contribution < 1.29 is 0 Å². The second kappa shape index (κ2) is 4.02. The lowest BCUT2D eigenvalue weighted by Gasteiger charge is -2.18. The predicted octanol–water partition coefficient (Wildman–Crippen LogP) is 3.92. The van der Waals surface area contributed by atoms with Gasteiger partial charge < -0.3 is 9.88 Å². The van der Waals surface area contributed by atoms with Crippen molar-refractivity contribution in [1.29, 1.82) is 0 Å². The summed E-state index contributed by atoms with van der Waals surface area (Å²) in [6.45, 7) is 0.936. The first-order chi connectivity index (χ1) is 9.40. The second-order valence-corrected chi connectivity index (χ2v) is 4.90. The van der Waals surface area contributed by atoms with E-state index < -0.39 is 0 Å². The van der Waals surface area contributed by atoms with Crippen LogP contribution in [0.4, 0.5) is 0 Å². The van der Waals surface area contributed by atoms with Gasteiger partial charge in [0.1, 0.15) is 0 Å². The Morgan fingerprint density at radius 1 is 1.00 bits per heavy atom. The fourth-order valence-electron chi connectivity index (χ4n) is 2.66. The molecule has 1 N–H and O–H groups in total. The first-order valence-electron chi connectivity index (χ1n) is 6.50. The molecule has 0 amide bonds. The standard InChI is InChI=1S/C17H14N2/c1-2-6-16-14(5-1)15-9-11-19-10-3-4-13(12-19)7-8-17(15)18-16/h1-11,18H,12H2. The van der Waals surface area contributed by atoms with Crippen LogP contribution in [0.2, 0.25) is 0 Å². The Kier molecular flexibility index (Phi) is 2.21. The number of aromatic nitrogens is 1. The van der Waals surface area contributed by atoms with E-state index in [9.17, 15) is 0 Å². The van der Waals surface area contributed by atoms with Gasteiger partial charge in [-0.3, -0.25) is 0 Å². The van der Waals surface area contributed by atoms with E-state index in [2.05, 4.69) is 76.9 Å². The number of hydrogen-bond acceptors (Lipinski definition) is 1. The highest BCUT2D eigenvalue weighted by Crippen LogP contribution is 2.26. The Morgan fingerprint density at radius 3 is 2.95 bits per heavy atom. The lowest BCUT2D eigenvalue weighted by molar-refractivity contribution is 0.553. The van der Waals surface area contributed by atoms with Crippen LogP contribution in [0.25, 0.3) is 23.1 Å². The van der Waals surface area contributed by atoms with Crippen LogP contribution < -0.4 is 0 Å². The van der Waals surface area contributed by atoms with E-state index in [1.807, 2.05) is 0 Å². The third kappa shape index (κ3) is 1.73. The van der Waals surface area contributed by atoms with Gasteiger partial charge in [0.25, 0.3) is 0 Å². The van der Waals surface area contributed by atoms with Crippen LogP contribution in [-0.4, -0.2) is 16.4 Å². The summed E-state index contributed by atoms with van der Waals surface area (Å²) in [7, 11) is 0. The summed E-state index contributed by atoms with van der Waals surface area (Å²) in [6.07, 6.45) is 15.1. The maximum atomic E-state index is 3.49. The molecular formula is C17H14N2. The molecule has 92 valence electrons. The van der Waals surface area contributed by atoms with Crippen LogP contribution in [0, 0.1) is 0 Å². The molecule has 0 unspecified atom stereocenters. The van der Waals surface area contributed by atoms with Gasteiger partial charge in [0.2, 0.25) is 0 Å². The van der Waals surface area contributed by atoms with E-state index in [4.69, 9.17) is 0 Å². The van der Waals surface area contributed by atoms with Crippen LogP contribution in [0.5, 0.6) is 0 Å². The summed E-state index contributed by atoms with van der Waals surface area (Å²) in [4.78, 5) is 5.69. The molecule has 2 nitrogen and oxygen atoms in total. The molecule has 2 aliphatic heterocycles. The van der Waals surface area contributed by atoms with Crippen molar-refractivity contribution in [3.63, 3.8) is 0 Å². The maximum absolute atomic E-state index is 3.49. The lowest BCUT2D eigenvalue weighted by Crippen LogP contribution is -2.14. The highest BCUT2D eigenvalue weighted by atomic mass is 15.1. The number of benzene rings is 1. The van der Waals surface area contributed by atoms with Crippen LogP contribution in [0.15, 0.2) is 60.5 Å². The van der Waals surface area contributed by atoms with Crippen molar-refractivity contribution in [3.8, 4) is 0 Å². The van der Waals surface area contributed by atoms with Gasteiger partial charge >= 0.3 is 0 Å². The molecule has 1 aromatic carbocycles. The molecule has 3 heterocycles. The molecule has 4 rings (SSSR count). The largest absolute Gasteiger partial charge is 0.355 e. The van der Waals surface area contributed by atoms with Gasteiger partial charge in [0.15, 0.2) is 0 Å². The molecule has 2 aromatic rings. The fraction of sp³-hybridized carbons (Fsp3) is 0.0588. The Hall–Kier alpha value is -2.48. The number of aromatic amines is 1. The molecule has 0 saturated carbocycles. The second-order valence-electron chi connectivity index (χ2n) is 4.90. The highest BCUT2D eigenvalue weighted by molar-refractivity contribution is 5.93. The molecule has 0 radical (unpaired) electrons. The molecular weight excluding hydrogens is 232 g/mol. The zero-order valence-corrected chi connectivity index (χ0v) is 10.5. The van der Waals surface area contributed by atoms with E-state index in [1.165, 1.54) is 27.7 Å². The van der Waals surface area contributed by atoms with Crippen LogP contribution in [0.1, 0.15) is 11.3 Å². The summed E-state index contributed by atoms with van der Waals surface area (Å²) in [5.41, 5.74) is 4.94. The number of fused-ring (bicyclic) bond motifs is 5. The van der Waals surface area contributed by atoms with Crippen molar-refractivity contribution in [2.24, 2.45) is 0 Å². The first-order valence-corrected chi connectivity index (χ1v) is 6.50. The zero-order chi connectivity index (χ0) is 12.7. The monoisotopic (exact) mass is 246 g/mol. The number of H-pyrrole nitrogens is 1. The van der Waals surface area contributed by atoms with E-state index >= 15 is 0 Å². The minimum Gasteiger partial charge on any atom is -0.355 e. The zero-order valence-electron chi connectivity index (χ0n) is 10.5. The van der Waals surface area contributed by atoms with Crippen molar-refractivity contribution >= 4 is 23.1 Å². The van der Waals surface area contributed by atoms with Gasteiger partial charge in [0.05, 0.1) is 0 Å². The molecule has 2 heteroatoms. The molecule has 2 bridgehead atoms. The molecule has 1 aromatic heterocycles. The van der Waals surface area contributed by atoms with Gasteiger partial charge in [0, 0.05) is 41.1 Å². The van der Waals surface area contributed by atoms with Crippen LogP contribution in [-0.2, 0) is 0 Å². The summed E-state index contributed by atoms with van der Waals surface area (Å²) >= 11 is 0. The normalized spacial score (nSPS) is 16.8. The van der Waals surface area contributed by atoms with Gasteiger partial charge in [-0.15, -0.1) is 0 Å². The average molecular weight is 246 g/mol. The SMILES string of the molecule is C1=CN2C=Cc3c([nH]c4ccccc34)C=CC(=C1)C2. The number of para-hydroxylation sites is 1. The third-order valence-corrected chi connectivity index (χ3v) is 3.63. The molecule has 2 aliphatic rings. The van der Waals surface area contributed by atoms with Crippen LogP contribution in [0.3, 0.4) is 0 Å². The lowest BCUT2D eigenvalue weighted by atomic mass is 10.1. The quantitative estimate of drug-likeness (QED) is 0.746. The van der Waals surface area contributed by atoms with E-state index in [1.54, 1.807) is 0 Å². The molecule has 19 heavy (non-hydrogen) atoms. The minimum absolute atomic E-state index is 0.936. The molecule has 0 fully saturated rings. The third-order valence-electron chi connectivity index (χ3n) is 3.63. The number of rotatable bonds is 0. The number of hydrogen-bond donors (Lipinski definition) is 1. The summed E-state index contributed by atoms with van der Waals surface area (Å²) in [5.74, 6) is 0. The van der Waals surface area contributed by atoms with E-state index in [0.717, 1.165) is 6.54 Å². The molecule has 0 atom stereocenters. The number of nitrogens with zero attached hydrogens (tertiary/aromatic N) is 1. The van der Waals surface area contributed by atoms with Crippen molar-refractivity contribution in [2.75, 3.05) is 6.54 Å². The van der Waals surface area contributed by atoms with Gasteiger partial charge in [-0.05, 0) is 29.9 Å². The van der Waals surface area contributed by atoms with Gasteiger partial charge in [-0.25, -0.2) is 0 Å². The average Bonchev–Trinajstić information content (AvgIpc) is 2.82. The molecule has 0 spiro atoms. The van der Waals surface area contributed by atoms with E-state index in [0.29, 0.717) is 0 Å². The predicted molar refractivity (Wildman–Crippen MR) is 80.3 cm³/mol. The molecule has 0 aliphatic carbocycles. The van der Waals surface area contributed by atoms with Crippen molar-refractivity contribution in [2.45, 2.75) is 0 Å². The highest BCUT2D eigenvalue weighted by Gasteiger charge is 2.10. The fourth-order valence-corrected chi connectivity index (χ4v) is 2.66. The van der Waals surface area contributed by atoms with Crippen molar-refractivity contribution in [1.82, 2.24) is 9.88 Å². The van der Waals surface area contributed by atoms with Gasteiger partial charge in [-0.1, -0.05) is 30.4 Å². The smallest absolute Gasteiger partial charge is 0.0470 e. The summed E-state index contributed by atoms with van der Waals surface area (Å²) < 4.78 is 0. The Labute approximate surface area is 112 Å². The number of allylic oxidation sites excluding steroid dienone is 2. The number of nitrogens with one attached hydrogen (secondary N) is 1. The van der Waals surface area contributed by atoms with Crippen molar-refractivity contribution in [3.05, 3.63) is 71.7 Å². The topological polar surface area (TPSA) is 19.0 Å².